The highest BCUT2D eigenvalue weighted by Gasteiger charge is 2.07. The number of ether oxygens (including phenoxy) is 1. The molecule has 0 saturated heterocycles. The van der Waals surface area contributed by atoms with E-state index in [1.54, 1.807) is 24.5 Å². The second kappa shape index (κ2) is 3.88. The van der Waals surface area contributed by atoms with Gasteiger partial charge >= 0.3 is 0 Å². The minimum atomic E-state index is -2.31. The predicted octanol–water partition coefficient (Wildman–Crippen LogP) is 1.36. The van der Waals surface area contributed by atoms with E-state index in [-0.39, 0.29) is 0 Å². The van der Waals surface area contributed by atoms with Crippen molar-refractivity contribution < 1.29 is 8.95 Å². The number of rotatable bonds is 2. The van der Waals surface area contributed by atoms with Gasteiger partial charge in [0.1, 0.15) is 5.75 Å². The minimum Gasteiger partial charge on any atom is -0.495 e. The highest BCUT2D eigenvalue weighted by Crippen LogP contribution is 2.25. The molecular weight excluding hydrogens is 200 g/mol. The van der Waals surface area contributed by atoms with E-state index in [0.29, 0.717) is 16.3 Å². The van der Waals surface area contributed by atoms with Gasteiger partial charge in [0.25, 0.3) is 0 Å². The molecule has 0 aliphatic heterocycles. The molecule has 2 N–H and O–H groups in total. The molecule has 0 fully saturated rings. The first-order valence-corrected chi connectivity index (χ1v) is 5.97. The van der Waals surface area contributed by atoms with Crippen molar-refractivity contribution >= 4 is 15.4 Å². The lowest BCUT2D eigenvalue weighted by Crippen LogP contribution is -1.99. The van der Waals surface area contributed by atoms with Crippen molar-refractivity contribution in [1.29, 1.82) is 0 Å². The molecule has 0 spiro atoms. The van der Waals surface area contributed by atoms with Gasteiger partial charge in [0, 0.05) is 13.3 Å². The maximum absolute atomic E-state index is 11.9. The van der Waals surface area contributed by atoms with Crippen LogP contribution in [0.25, 0.3) is 0 Å². The summed E-state index contributed by atoms with van der Waals surface area (Å²) in [4.78, 5) is 0.631. The summed E-state index contributed by atoms with van der Waals surface area (Å²) in [6, 6.07) is 5.03. The zero-order chi connectivity index (χ0) is 10.8. The monoisotopic (exact) mass is 214 g/mol. The summed E-state index contributed by atoms with van der Waals surface area (Å²) in [5, 5.41) is 0. The number of nitrogens with zero attached hydrogens (tertiary/aromatic N) is 1. The van der Waals surface area contributed by atoms with Crippen LogP contribution < -0.4 is 10.5 Å². The van der Waals surface area contributed by atoms with Crippen LogP contribution in [0.4, 0.5) is 5.69 Å². The van der Waals surface area contributed by atoms with E-state index in [4.69, 9.17) is 10.5 Å². The summed E-state index contributed by atoms with van der Waals surface area (Å²) in [6.45, 7) is 0. The summed E-state index contributed by atoms with van der Waals surface area (Å²) in [5.74, 6) is 0.528. The van der Waals surface area contributed by atoms with Crippen LogP contribution in [0.5, 0.6) is 5.75 Å². The summed E-state index contributed by atoms with van der Waals surface area (Å²) in [5.41, 5.74) is 6.17. The second-order valence-electron chi connectivity index (χ2n) is 2.89. The molecule has 1 rings (SSSR count). The van der Waals surface area contributed by atoms with Crippen LogP contribution in [-0.4, -0.2) is 24.6 Å². The Kier molecular flexibility index (Phi) is 3.00. The molecule has 1 unspecified atom stereocenters. The van der Waals surface area contributed by atoms with Gasteiger partial charge in [-0.2, -0.15) is 0 Å². The molecule has 0 radical (unpaired) electrons. The largest absolute Gasteiger partial charge is 0.495 e. The van der Waals surface area contributed by atoms with E-state index in [0.717, 1.165) is 0 Å². The first-order valence-electron chi connectivity index (χ1n) is 4.05. The Morgan fingerprint density at radius 1 is 1.50 bits per heavy atom. The standard InChI is InChI=1S/C9H14N2O2S/c1-11-14(3,12)7-4-5-8(10)9(6-7)13-2/h4-6H,10H2,1-3H3. The molecule has 78 valence electrons. The minimum absolute atomic E-state index is 0.528. The van der Waals surface area contributed by atoms with Crippen molar-refractivity contribution in [2.75, 3.05) is 26.1 Å². The molecule has 0 amide bonds. The highest BCUT2D eigenvalue weighted by molar-refractivity contribution is 7.93. The average Bonchev–Trinajstić information content (AvgIpc) is 2.18. The molecule has 14 heavy (non-hydrogen) atoms. The zero-order valence-electron chi connectivity index (χ0n) is 8.48. The predicted molar refractivity (Wildman–Crippen MR) is 58.1 cm³/mol. The third-order valence-corrected chi connectivity index (χ3v) is 3.82. The Hall–Kier alpha value is -1.23. The Balaban J connectivity index is 3.34. The van der Waals surface area contributed by atoms with Crippen LogP contribution in [-0.2, 0) is 9.73 Å². The summed E-state index contributed by atoms with van der Waals surface area (Å²) in [6.07, 6.45) is 1.58. The maximum Gasteiger partial charge on any atom is 0.142 e. The number of nitrogens with two attached hydrogens (primary N) is 1. The maximum atomic E-state index is 11.9. The fourth-order valence-electron chi connectivity index (χ4n) is 1.03. The van der Waals surface area contributed by atoms with E-state index in [2.05, 4.69) is 4.36 Å². The van der Waals surface area contributed by atoms with Gasteiger partial charge in [-0.3, -0.25) is 0 Å². The molecule has 1 atom stereocenters. The van der Waals surface area contributed by atoms with Crippen molar-refractivity contribution in [1.82, 2.24) is 0 Å². The third kappa shape index (κ3) is 1.98. The number of anilines is 1. The first-order chi connectivity index (χ1) is 6.51. The van der Waals surface area contributed by atoms with E-state index in [1.807, 2.05) is 0 Å². The van der Waals surface area contributed by atoms with Crippen LogP contribution >= 0.6 is 0 Å². The molecule has 1 aromatic rings. The van der Waals surface area contributed by atoms with Crippen LogP contribution in [0.2, 0.25) is 0 Å². The van der Waals surface area contributed by atoms with Crippen LogP contribution in [0, 0.1) is 0 Å². The number of hydrogen-bond acceptors (Lipinski definition) is 4. The average molecular weight is 214 g/mol. The van der Waals surface area contributed by atoms with Crippen molar-refractivity contribution in [3.8, 4) is 5.75 Å². The summed E-state index contributed by atoms with van der Waals surface area (Å²) in [7, 11) is 0.749. The van der Waals surface area contributed by atoms with Crippen molar-refractivity contribution in [2.45, 2.75) is 4.90 Å². The van der Waals surface area contributed by atoms with Crippen LogP contribution in [0.3, 0.4) is 0 Å². The molecule has 4 nitrogen and oxygen atoms in total. The van der Waals surface area contributed by atoms with Gasteiger partial charge in [-0.25, -0.2) is 8.57 Å². The van der Waals surface area contributed by atoms with Gasteiger partial charge in [0.2, 0.25) is 0 Å². The lowest BCUT2D eigenvalue weighted by molar-refractivity contribution is 0.416. The first kappa shape index (κ1) is 10.8. The molecule has 0 saturated carbocycles. The Bertz CT molecular complexity index is 448. The highest BCUT2D eigenvalue weighted by atomic mass is 32.2. The third-order valence-electron chi connectivity index (χ3n) is 1.99. The Morgan fingerprint density at radius 2 is 2.14 bits per heavy atom. The summed E-state index contributed by atoms with van der Waals surface area (Å²) >= 11 is 0. The number of nitrogen functional groups attached to an aromatic ring is 1. The smallest absolute Gasteiger partial charge is 0.142 e. The van der Waals surface area contributed by atoms with Gasteiger partial charge < -0.3 is 10.5 Å². The van der Waals surface area contributed by atoms with E-state index in [9.17, 15) is 4.21 Å². The van der Waals surface area contributed by atoms with E-state index in [1.165, 1.54) is 14.2 Å². The Labute approximate surface area is 84.3 Å². The molecule has 1 aromatic carbocycles. The lowest BCUT2D eigenvalue weighted by Gasteiger charge is -2.08. The van der Waals surface area contributed by atoms with Gasteiger partial charge in [0.15, 0.2) is 0 Å². The molecule has 5 heteroatoms. The molecule has 0 aliphatic carbocycles. The van der Waals surface area contributed by atoms with Crippen LogP contribution in [0.15, 0.2) is 27.5 Å². The normalized spacial score (nSPS) is 14.5. The molecule has 0 heterocycles. The number of benzene rings is 1. The van der Waals surface area contributed by atoms with Gasteiger partial charge in [0.05, 0.1) is 27.4 Å². The quantitative estimate of drug-likeness (QED) is 0.756. The van der Waals surface area contributed by atoms with Gasteiger partial charge in [-0.1, -0.05) is 0 Å². The van der Waals surface area contributed by atoms with Gasteiger partial charge in [-0.15, -0.1) is 0 Å². The van der Waals surface area contributed by atoms with Gasteiger partial charge in [-0.05, 0) is 18.2 Å². The summed E-state index contributed by atoms with van der Waals surface area (Å²) < 4.78 is 20.7. The number of methoxy groups -OCH3 is 1. The Morgan fingerprint density at radius 3 is 2.64 bits per heavy atom. The fraction of sp³-hybridized carbons (Fsp3) is 0.333. The topological polar surface area (TPSA) is 64.7 Å². The van der Waals surface area contributed by atoms with E-state index >= 15 is 0 Å². The lowest BCUT2D eigenvalue weighted by atomic mass is 10.3. The van der Waals surface area contributed by atoms with Crippen molar-refractivity contribution in [3.63, 3.8) is 0 Å². The molecule has 0 bridgehead atoms. The molecule has 0 aliphatic rings. The SMILES string of the molecule is CN=S(C)(=O)c1ccc(N)c(OC)c1. The van der Waals surface area contributed by atoms with Crippen molar-refractivity contribution in [3.05, 3.63) is 18.2 Å². The fourth-order valence-corrected chi connectivity index (χ4v) is 1.89. The molecular formula is C9H14N2O2S. The second-order valence-corrected chi connectivity index (χ2v) is 5.33. The van der Waals surface area contributed by atoms with Crippen LogP contribution in [0.1, 0.15) is 0 Å². The molecule has 0 aromatic heterocycles. The van der Waals surface area contributed by atoms with Crippen molar-refractivity contribution in [2.24, 2.45) is 4.36 Å². The number of hydrogen-bond donors (Lipinski definition) is 1. The zero-order valence-corrected chi connectivity index (χ0v) is 9.30. The van der Waals surface area contributed by atoms with E-state index < -0.39 is 9.73 Å².